The topological polar surface area (TPSA) is 83.9 Å². The highest BCUT2D eigenvalue weighted by Gasteiger charge is 2.30. The van der Waals surface area contributed by atoms with Gasteiger partial charge in [0.05, 0.1) is 23.6 Å². The van der Waals surface area contributed by atoms with E-state index >= 15 is 0 Å². The minimum atomic E-state index is -0.00951. The molecule has 31 heavy (non-hydrogen) atoms. The third kappa shape index (κ3) is 5.76. The summed E-state index contributed by atoms with van der Waals surface area (Å²) in [5.74, 6) is 0.737. The lowest BCUT2D eigenvalue weighted by atomic mass is 10.1. The van der Waals surface area contributed by atoms with Gasteiger partial charge in [-0.3, -0.25) is 14.8 Å². The molecule has 8 heteroatoms. The lowest BCUT2D eigenvalue weighted by Gasteiger charge is -2.24. The fourth-order valence-electron chi connectivity index (χ4n) is 3.87. The Labute approximate surface area is 186 Å². The molecular formula is C23H25ClN6O. The van der Waals surface area contributed by atoms with Crippen molar-refractivity contribution >= 4 is 23.5 Å². The molecule has 0 saturated carbocycles. The molecule has 160 valence electrons. The molecule has 1 atom stereocenters. The summed E-state index contributed by atoms with van der Waals surface area (Å²) in [6.45, 7) is 1.42. The van der Waals surface area contributed by atoms with Crippen molar-refractivity contribution in [1.29, 1.82) is 0 Å². The molecule has 4 rings (SSSR count). The average Bonchev–Trinajstić information content (AvgIpc) is 3.28. The van der Waals surface area contributed by atoms with E-state index in [0.29, 0.717) is 30.4 Å². The monoisotopic (exact) mass is 436 g/mol. The van der Waals surface area contributed by atoms with Crippen LogP contribution in [-0.4, -0.2) is 43.8 Å². The van der Waals surface area contributed by atoms with E-state index in [1.54, 1.807) is 30.9 Å². The van der Waals surface area contributed by atoms with E-state index in [1.165, 1.54) is 0 Å². The van der Waals surface area contributed by atoms with Gasteiger partial charge in [-0.1, -0.05) is 23.7 Å². The van der Waals surface area contributed by atoms with Gasteiger partial charge >= 0.3 is 0 Å². The number of aromatic nitrogens is 4. The van der Waals surface area contributed by atoms with Crippen molar-refractivity contribution in [3.05, 3.63) is 77.1 Å². The highest BCUT2D eigenvalue weighted by molar-refractivity contribution is 6.30. The van der Waals surface area contributed by atoms with Crippen LogP contribution in [0.1, 0.15) is 48.7 Å². The second kappa shape index (κ2) is 10.3. The molecule has 0 radical (unpaired) electrons. The second-order valence-corrected chi connectivity index (χ2v) is 8.03. The number of anilines is 1. The number of carbonyl (C=O) groups excluding carboxylic acids is 1. The van der Waals surface area contributed by atoms with E-state index in [4.69, 9.17) is 16.6 Å². The molecule has 1 aliphatic rings. The van der Waals surface area contributed by atoms with Gasteiger partial charge in [0.25, 0.3) is 0 Å². The Balaban J connectivity index is 1.34. The van der Waals surface area contributed by atoms with E-state index in [9.17, 15) is 4.79 Å². The number of benzene rings is 1. The molecule has 3 aromatic rings. The quantitative estimate of drug-likeness (QED) is 0.536. The van der Waals surface area contributed by atoms with Gasteiger partial charge in [0.1, 0.15) is 0 Å². The number of nitrogens with one attached hydrogen (secondary N) is 1. The van der Waals surface area contributed by atoms with Gasteiger partial charge < -0.3 is 10.2 Å². The zero-order valence-corrected chi connectivity index (χ0v) is 18.0. The maximum absolute atomic E-state index is 12.9. The summed E-state index contributed by atoms with van der Waals surface area (Å²) in [5.41, 5.74) is 2.83. The summed E-state index contributed by atoms with van der Waals surface area (Å²) in [6.07, 6.45) is 10.7. The minimum absolute atomic E-state index is 0.00951. The average molecular weight is 437 g/mol. The van der Waals surface area contributed by atoms with Gasteiger partial charge in [-0.25, -0.2) is 9.97 Å². The smallest absolute Gasteiger partial charge is 0.223 e. The van der Waals surface area contributed by atoms with Gasteiger partial charge in [-0.05, 0) is 43.0 Å². The summed E-state index contributed by atoms with van der Waals surface area (Å²) in [7, 11) is 0. The molecule has 0 aliphatic carbocycles. The molecule has 3 heterocycles. The van der Waals surface area contributed by atoms with Crippen molar-refractivity contribution in [3.63, 3.8) is 0 Å². The number of amides is 1. The predicted molar refractivity (Wildman–Crippen MR) is 120 cm³/mol. The molecule has 1 fully saturated rings. The number of hydrogen-bond donors (Lipinski definition) is 1. The zero-order chi connectivity index (χ0) is 21.5. The molecule has 0 unspecified atom stereocenters. The fraction of sp³-hybridized carbons (Fsp3) is 0.348. The lowest BCUT2D eigenvalue weighted by Crippen LogP contribution is -2.31. The third-order valence-corrected chi connectivity index (χ3v) is 5.54. The maximum Gasteiger partial charge on any atom is 0.223 e. The van der Waals surface area contributed by atoms with E-state index in [0.717, 1.165) is 42.8 Å². The molecule has 2 aromatic heterocycles. The number of rotatable bonds is 8. The standard InChI is InChI=1S/C23H25ClN6O/c24-18-6-1-5-17(13-18)14-19-15-25-16-20(29-19)21-7-3-12-30(21)22(31)8-2-9-26-23-27-10-4-11-28-23/h1,4-6,10-11,13,15-16,21H,2-3,7-9,12,14H2,(H,26,27,28)/t21-/m0/s1. The number of nitrogens with zero attached hydrogens (tertiary/aromatic N) is 5. The molecular weight excluding hydrogens is 412 g/mol. The first-order chi connectivity index (χ1) is 15.2. The van der Waals surface area contributed by atoms with Gasteiger partial charge in [0.15, 0.2) is 0 Å². The molecule has 1 N–H and O–H groups in total. The first-order valence-corrected chi connectivity index (χ1v) is 10.9. The van der Waals surface area contributed by atoms with E-state index in [-0.39, 0.29) is 11.9 Å². The summed E-state index contributed by atoms with van der Waals surface area (Å²) < 4.78 is 0. The summed E-state index contributed by atoms with van der Waals surface area (Å²) in [6, 6.07) is 9.53. The summed E-state index contributed by atoms with van der Waals surface area (Å²) >= 11 is 6.10. The van der Waals surface area contributed by atoms with Crippen molar-refractivity contribution in [3.8, 4) is 0 Å². The van der Waals surface area contributed by atoms with Crippen LogP contribution in [0.4, 0.5) is 5.95 Å². The van der Waals surface area contributed by atoms with Gasteiger partial charge in [0, 0.05) is 49.5 Å². The van der Waals surface area contributed by atoms with Crippen LogP contribution in [0.2, 0.25) is 5.02 Å². The first kappa shape index (κ1) is 21.2. The lowest BCUT2D eigenvalue weighted by molar-refractivity contribution is -0.132. The third-order valence-electron chi connectivity index (χ3n) is 5.31. The van der Waals surface area contributed by atoms with Crippen LogP contribution < -0.4 is 5.32 Å². The molecule has 1 aromatic carbocycles. The fourth-order valence-corrected chi connectivity index (χ4v) is 4.08. The maximum atomic E-state index is 12.9. The van der Waals surface area contributed by atoms with Gasteiger partial charge in [-0.15, -0.1) is 0 Å². The Morgan fingerprint density at radius 3 is 2.90 bits per heavy atom. The molecule has 0 bridgehead atoms. The number of hydrogen-bond acceptors (Lipinski definition) is 6. The van der Waals surface area contributed by atoms with Crippen LogP contribution in [-0.2, 0) is 11.2 Å². The van der Waals surface area contributed by atoms with Crippen LogP contribution in [0.15, 0.2) is 55.1 Å². The summed E-state index contributed by atoms with van der Waals surface area (Å²) in [5, 5.41) is 3.85. The SMILES string of the molecule is O=C(CCCNc1ncccn1)N1CCC[C@H]1c1cncc(Cc2cccc(Cl)c2)n1. The largest absolute Gasteiger partial charge is 0.354 e. The predicted octanol–water partition coefficient (Wildman–Crippen LogP) is 4.07. The Morgan fingerprint density at radius 1 is 1.19 bits per heavy atom. The number of likely N-dealkylation sites (tertiary alicyclic amines) is 1. The molecule has 1 aliphatic heterocycles. The number of halogens is 1. The Bertz CT molecular complexity index is 1020. The van der Waals surface area contributed by atoms with Crippen molar-refractivity contribution in [2.45, 2.75) is 38.1 Å². The highest BCUT2D eigenvalue weighted by Crippen LogP contribution is 2.31. The first-order valence-electron chi connectivity index (χ1n) is 10.5. The van der Waals surface area contributed by atoms with Gasteiger partial charge in [0.2, 0.25) is 11.9 Å². The van der Waals surface area contributed by atoms with Crippen molar-refractivity contribution in [1.82, 2.24) is 24.8 Å². The van der Waals surface area contributed by atoms with Gasteiger partial charge in [-0.2, -0.15) is 0 Å². The Kier molecular flexibility index (Phi) is 7.04. The zero-order valence-electron chi connectivity index (χ0n) is 17.2. The molecule has 1 amide bonds. The minimum Gasteiger partial charge on any atom is -0.354 e. The van der Waals surface area contributed by atoms with E-state index in [2.05, 4.69) is 20.3 Å². The van der Waals surface area contributed by atoms with E-state index in [1.807, 2.05) is 29.2 Å². The molecule has 1 saturated heterocycles. The number of carbonyl (C=O) groups is 1. The second-order valence-electron chi connectivity index (χ2n) is 7.59. The molecule has 7 nitrogen and oxygen atoms in total. The van der Waals surface area contributed by atoms with Crippen LogP contribution in [0.5, 0.6) is 0 Å². The van der Waals surface area contributed by atoms with Crippen molar-refractivity contribution in [2.75, 3.05) is 18.4 Å². The Morgan fingerprint density at radius 2 is 2.06 bits per heavy atom. The Hall–Kier alpha value is -3.06. The van der Waals surface area contributed by atoms with Crippen LogP contribution in [0.25, 0.3) is 0 Å². The van der Waals surface area contributed by atoms with Crippen molar-refractivity contribution < 1.29 is 4.79 Å². The summed E-state index contributed by atoms with van der Waals surface area (Å²) in [4.78, 5) is 32.3. The van der Waals surface area contributed by atoms with Crippen LogP contribution >= 0.6 is 11.6 Å². The molecule has 0 spiro atoms. The van der Waals surface area contributed by atoms with Crippen molar-refractivity contribution in [2.24, 2.45) is 0 Å². The normalized spacial score (nSPS) is 15.8. The van der Waals surface area contributed by atoms with Crippen LogP contribution in [0.3, 0.4) is 0 Å². The highest BCUT2D eigenvalue weighted by atomic mass is 35.5. The van der Waals surface area contributed by atoms with E-state index < -0.39 is 0 Å². The van der Waals surface area contributed by atoms with Crippen LogP contribution in [0, 0.1) is 0 Å².